The number of nitrogens with one attached hydrogen (secondary N) is 5. The Kier molecular flexibility index (Phi) is 13.9. The van der Waals surface area contributed by atoms with E-state index < -0.39 is 77.1 Å². The highest BCUT2D eigenvalue weighted by atomic mass is 35.5. The van der Waals surface area contributed by atoms with Gasteiger partial charge in [-0.1, -0.05) is 76.7 Å². The number of carbonyl (C=O) groups excluding carboxylic acids is 3. The molecule has 0 fully saturated rings. The summed E-state index contributed by atoms with van der Waals surface area (Å²) in [5.74, 6) is -7.30. The van der Waals surface area contributed by atoms with Crippen molar-refractivity contribution >= 4 is 87.0 Å². The van der Waals surface area contributed by atoms with Crippen LogP contribution in [-0.4, -0.2) is 79.3 Å². The van der Waals surface area contributed by atoms with Crippen LogP contribution in [0.5, 0.6) is 28.7 Å². The zero-order chi connectivity index (χ0) is 47.7. The lowest BCUT2D eigenvalue weighted by molar-refractivity contribution is -0.142. The van der Waals surface area contributed by atoms with Gasteiger partial charge in [-0.2, -0.15) is 0 Å². The second-order valence-corrected chi connectivity index (χ2v) is 16.9. The Morgan fingerprint density at radius 1 is 0.788 bits per heavy atom. The fourth-order valence-corrected chi connectivity index (χ4v) is 8.48. The number of phenolic OH excluding ortho intramolecular Hbond substituents is 3. The number of phenols is 3. The first-order valence-corrected chi connectivity index (χ1v) is 21.2. The van der Waals surface area contributed by atoms with E-state index in [-0.39, 0.29) is 66.7 Å². The van der Waals surface area contributed by atoms with E-state index in [1.165, 1.54) is 31.3 Å². The van der Waals surface area contributed by atoms with Crippen LogP contribution in [0.2, 0.25) is 20.1 Å². The quantitative estimate of drug-likeness (QED) is 0.0670. The fraction of sp³-hybridized carbons (Fsp3) is 0.178. The molecule has 0 saturated carbocycles. The minimum Gasteiger partial charge on any atom is -0.505 e. The number of carbonyl (C=O) groups is 5. The molecular weight excluding hydrogens is 942 g/mol. The predicted octanol–water partition coefficient (Wildman–Crippen LogP) is 6.41. The molecule has 66 heavy (non-hydrogen) atoms. The molecule has 17 nitrogen and oxygen atoms in total. The molecule has 0 aliphatic carbocycles. The maximum absolute atomic E-state index is 14.8. The summed E-state index contributed by atoms with van der Waals surface area (Å²) in [6.45, 7) is 0. The molecular formula is C45H38Cl4N6O11. The number of amides is 3. The average molecular weight is 981 g/mol. The summed E-state index contributed by atoms with van der Waals surface area (Å²) >= 11 is 24.8. The topological polar surface area (TPSA) is 286 Å². The number of aliphatic carboxylic acids is 2. The van der Waals surface area contributed by atoms with Crippen LogP contribution in [0, 0.1) is 0 Å². The number of aromatic hydroxyl groups is 3. The van der Waals surface area contributed by atoms with Gasteiger partial charge in [-0.3, -0.25) is 19.2 Å². The second-order valence-electron chi connectivity index (χ2n) is 15.2. The molecule has 0 radical (unpaired) electrons. The molecule has 6 aromatic rings. The summed E-state index contributed by atoms with van der Waals surface area (Å²) < 4.78 is 6.25. The number of H-pyrrole nitrogens is 1. The third-order valence-electron chi connectivity index (χ3n) is 10.9. The number of hydrogen-bond donors (Lipinski definition) is 11. The highest BCUT2D eigenvalue weighted by Crippen LogP contribution is 2.45. The van der Waals surface area contributed by atoms with E-state index in [0.717, 1.165) is 24.3 Å². The van der Waals surface area contributed by atoms with Crippen LogP contribution in [0.25, 0.3) is 22.0 Å². The van der Waals surface area contributed by atoms with Crippen molar-refractivity contribution in [2.45, 2.75) is 43.1 Å². The number of para-hydroxylation sites is 1. The number of hydrogen-bond acceptors (Lipinski definition) is 11. The number of nitrogens with two attached hydrogens (primary N) is 1. The Balaban J connectivity index is 1.43. The lowest BCUT2D eigenvalue weighted by Crippen LogP contribution is -2.50. The second kappa shape index (κ2) is 19.4. The van der Waals surface area contributed by atoms with Crippen LogP contribution in [0.1, 0.15) is 45.9 Å². The van der Waals surface area contributed by atoms with E-state index in [1.807, 2.05) is 0 Å². The number of carboxylic acid groups (broad SMARTS) is 2. The number of benzene rings is 5. The van der Waals surface area contributed by atoms with E-state index in [2.05, 4.69) is 26.3 Å². The van der Waals surface area contributed by atoms with Crippen LogP contribution in [0.15, 0.2) is 85.1 Å². The Labute approximate surface area is 394 Å². The highest BCUT2D eigenvalue weighted by molar-refractivity contribution is 6.37. The molecule has 7 rings (SSSR count). The third-order valence-corrected chi connectivity index (χ3v) is 12.1. The summed E-state index contributed by atoms with van der Waals surface area (Å²) in [6, 6.07) is 10.9. The van der Waals surface area contributed by atoms with Gasteiger partial charge in [0, 0.05) is 22.7 Å². The average Bonchev–Trinajstić information content (AvgIpc) is 3.69. The molecule has 342 valence electrons. The van der Waals surface area contributed by atoms with E-state index in [1.54, 1.807) is 36.5 Å². The van der Waals surface area contributed by atoms with Crippen molar-refractivity contribution in [1.29, 1.82) is 0 Å². The molecule has 0 unspecified atom stereocenters. The standard InChI is InChI=1S/C45H38Cl4N6O11/c1-51-32(44(62)63)9-18-5-7-23(8-6-18)66-33-16-19-10-26(38(33)56)25-4-2-3-24-22(17-52-37(24)25)15-31(50)41(59)53-35(20-11-27(46)39(57)28(47)12-20)42(60)54-34(19)43(61)55-36(45(64)65)21-13-29(48)40(58)30(49)14-21/h2-8,10-14,16-17,31-32,34-36,51-52,56-58H,9,15,50H2,1H3,(H,53,59)(H,54,60)(H,55,61)(H,62,63)(H,64,65)/t31-,32+,34-,35-,36-/m1/s1. The van der Waals surface area contributed by atoms with Crippen LogP contribution in [-0.2, 0) is 36.8 Å². The Hall–Kier alpha value is -6.73. The van der Waals surface area contributed by atoms with Crippen LogP contribution in [0.4, 0.5) is 0 Å². The van der Waals surface area contributed by atoms with Crippen molar-refractivity contribution in [2.24, 2.45) is 5.73 Å². The molecule has 21 heteroatoms. The number of ether oxygens (including phenoxy) is 1. The van der Waals surface area contributed by atoms with Crippen LogP contribution < -0.4 is 31.7 Å². The minimum atomic E-state index is -1.90. The van der Waals surface area contributed by atoms with Gasteiger partial charge in [0.2, 0.25) is 17.7 Å². The number of halogens is 4. The van der Waals surface area contributed by atoms with Gasteiger partial charge in [-0.25, -0.2) is 4.79 Å². The molecule has 1 aliphatic heterocycles. The first-order valence-electron chi connectivity index (χ1n) is 19.7. The molecule has 3 amide bonds. The van der Waals surface area contributed by atoms with E-state index in [4.69, 9.17) is 56.9 Å². The number of rotatable bonds is 11. The lowest BCUT2D eigenvalue weighted by atomic mass is 9.94. The van der Waals surface area contributed by atoms with Gasteiger partial charge in [0.15, 0.2) is 29.0 Å². The molecule has 5 aromatic carbocycles. The van der Waals surface area contributed by atoms with Crippen molar-refractivity contribution in [3.05, 3.63) is 133 Å². The van der Waals surface area contributed by atoms with Crippen molar-refractivity contribution in [3.8, 4) is 39.9 Å². The fourth-order valence-electron chi connectivity index (χ4n) is 7.48. The molecule has 2 heterocycles. The zero-order valence-electron chi connectivity index (χ0n) is 34.2. The molecule has 1 aromatic heterocycles. The number of aromatic nitrogens is 1. The predicted molar refractivity (Wildman–Crippen MR) is 244 cm³/mol. The Bertz CT molecular complexity index is 2880. The summed E-state index contributed by atoms with van der Waals surface area (Å²) in [5.41, 5.74) is 8.26. The van der Waals surface area contributed by atoms with E-state index in [0.29, 0.717) is 27.6 Å². The molecule has 0 spiro atoms. The smallest absolute Gasteiger partial charge is 0.330 e. The van der Waals surface area contributed by atoms with Crippen molar-refractivity contribution in [2.75, 3.05) is 7.05 Å². The number of likely N-dealkylation sites (N-methyl/N-ethyl adjacent to an activating group) is 1. The highest BCUT2D eigenvalue weighted by Gasteiger charge is 2.35. The largest absolute Gasteiger partial charge is 0.505 e. The van der Waals surface area contributed by atoms with Gasteiger partial charge in [0.25, 0.3) is 0 Å². The van der Waals surface area contributed by atoms with Crippen molar-refractivity contribution in [3.63, 3.8) is 0 Å². The van der Waals surface area contributed by atoms with Gasteiger partial charge >= 0.3 is 11.9 Å². The van der Waals surface area contributed by atoms with Gasteiger partial charge in [0.1, 0.15) is 23.9 Å². The minimum absolute atomic E-state index is 0.0501. The lowest BCUT2D eigenvalue weighted by Gasteiger charge is -2.27. The Morgan fingerprint density at radius 2 is 1.42 bits per heavy atom. The molecule has 6 bridgehead atoms. The number of carboxylic acids is 2. The van der Waals surface area contributed by atoms with Gasteiger partial charge in [-0.15, -0.1) is 0 Å². The first kappa shape index (κ1) is 47.2. The molecule has 5 atom stereocenters. The zero-order valence-corrected chi connectivity index (χ0v) is 37.2. The summed E-state index contributed by atoms with van der Waals surface area (Å²) in [5, 5.41) is 62.3. The summed E-state index contributed by atoms with van der Waals surface area (Å²) in [4.78, 5) is 71.1. The van der Waals surface area contributed by atoms with E-state index >= 15 is 0 Å². The van der Waals surface area contributed by atoms with Gasteiger partial charge in [-0.05, 0) is 96.2 Å². The maximum Gasteiger partial charge on any atom is 0.330 e. The SMILES string of the molecule is CN[C@@H](Cc1ccc(Oc2cc3cc(c2O)-c2cccc4c(c[nH]c24)C[C@@H](N)C(=O)N[C@H](c2cc(Cl)c(O)c(Cl)c2)C(=O)N[C@H]3C(=O)N[C@@H](C(=O)O)c2cc(Cl)c(O)c(Cl)c2)cc1)C(=O)O. The van der Waals surface area contributed by atoms with Gasteiger partial charge in [0.05, 0.1) is 31.6 Å². The Morgan fingerprint density at radius 3 is 2.03 bits per heavy atom. The van der Waals surface area contributed by atoms with Crippen molar-refractivity contribution in [1.82, 2.24) is 26.3 Å². The number of fused-ring (bicyclic) bond motifs is 3. The normalized spacial score (nSPS) is 17.2. The monoisotopic (exact) mass is 978 g/mol. The van der Waals surface area contributed by atoms with Crippen LogP contribution in [0.3, 0.4) is 0 Å². The number of aromatic amines is 1. The molecule has 0 saturated heterocycles. The summed E-state index contributed by atoms with van der Waals surface area (Å²) in [7, 11) is 1.52. The van der Waals surface area contributed by atoms with Crippen LogP contribution >= 0.6 is 46.4 Å². The first-order chi connectivity index (χ1) is 31.3. The molecule has 1 aliphatic rings. The molecule has 12 N–H and O–H groups in total. The summed E-state index contributed by atoms with van der Waals surface area (Å²) in [6.07, 6.45) is 1.71. The maximum atomic E-state index is 14.8. The van der Waals surface area contributed by atoms with E-state index in [9.17, 15) is 49.5 Å². The van der Waals surface area contributed by atoms with Gasteiger partial charge < -0.3 is 62.3 Å². The van der Waals surface area contributed by atoms with Crippen molar-refractivity contribution < 1.29 is 54.2 Å². The third kappa shape index (κ3) is 9.77.